The lowest BCUT2D eigenvalue weighted by Gasteiger charge is -2.25. The molecule has 0 radical (unpaired) electrons. The van der Waals surface area contributed by atoms with Crippen LogP contribution in [0.1, 0.15) is 6.92 Å². The Morgan fingerprint density at radius 2 is 1.90 bits per heavy atom. The number of sulfonamides is 1. The van der Waals surface area contributed by atoms with Crippen molar-refractivity contribution in [2.24, 2.45) is 0 Å². The zero-order chi connectivity index (χ0) is 16.3. The van der Waals surface area contributed by atoms with Crippen LogP contribution in [0.5, 0.6) is 0 Å². The van der Waals surface area contributed by atoms with Gasteiger partial charge in [-0.05, 0) is 41.6 Å². The summed E-state index contributed by atoms with van der Waals surface area (Å²) in [4.78, 5) is 11.4. The van der Waals surface area contributed by atoms with E-state index in [4.69, 9.17) is 0 Å². The van der Waals surface area contributed by atoms with Gasteiger partial charge in [-0.1, -0.05) is 12.1 Å². The van der Waals surface area contributed by atoms with E-state index >= 15 is 0 Å². The second-order valence-corrected chi connectivity index (χ2v) is 6.73. The fourth-order valence-electron chi connectivity index (χ4n) is 1.40. The maximum absolute atomic E-state index is 12.8. The first-order valence-corrected chi connectivity index (χ1v) is 8.12. The van der Waals surface area contributed by atoms with Gasteiger partial charge in [-0.3, -0.25) is 9.10 Å². The van der Waals surface area contributed by atoms with E-state index in [1.807, 2.05) is 0 Å². The first-order valence-electron chi connectivity index (χ1n) is 5.60. The highest BCUT2D eigenvalue weighted by atomic mass is 127. The molecule has 118 valence electrons. The second kappa shape index (κ2) is 6.81. The maximum Gasteiger partial charge on any atom is 0.516 e. The van der Waals surface area contributed by atoms with Crippen LogP contribution in [0, 0.1) is 3.57 Å². The molecule has 0 spiro atoms. The van der Waals surface area contributed by atoms with Gasteiger partial charge in [0.1, 0.15) is 6.54 Å². The normalized spacial score (nSPS) is 12.0. The molecule has 0 saturated heterocycles. The highest BCUT2D eigenvalue weighted by Gasteiger charge is 2.51. The van der Waals surface area contributed by atoms with Crippen molar-refractivity contribution in [2.45, 2.75) is 12.4 Å². The number of ether oxygens (including phenoxy) is 1. The van der Waals surface area contributed by atoms with Crippen LogP contribution in [-0.4, -0.2) is 33.0 Å². The molecular formula is C11H11F3INO4S. The van der Waals surface area contributed by atoms with Gasteiger partial charge >= 0.3 is 21.5 Å². The van der Waals surface area contributed by atoms with Crippen LogP contribution in [0.2, 0.25) is 0 Å². The summed E-state index contributed by atoms with van der Waals surface area (Å²) in [6.07, 6.45) is 0. The van der Waals surface area contributed by atoms with Gasteiger partial charge < -0.3 is 4.74 Å². The summed E-state index contributed by atoms with van der Waals surface area (Å²) >= 11 is 1.69. The average Bonchev–Trinajstić information content (AvgIpc) is 2.36. The van der Waals surface area contributed by atoms with Crippen LogP contribution < -0.4 is 4.31 Å². The number of para-hydroxylation sites is 1. The summed E-state index contributed by atoms with van der Waals surface area (Å²) in [5.41, 5.74) is -5.75. The largest absolute Gasteiger partial charge is 0.516 e. The molecule has 0 aliphatic heterocycles. The Balaban J connectivity index is 3.32. The Kier molecular flexibility index (Phi) is 5.84. The number of anilines is 1. The Morgan fingerprint density at radius 3 is 2.38 bits per heavy atom. The topological polar surface area (TPSA) is 63.7 Å². The van der Waals surface area contributed by atoms with Crippen LogP contribution >= 0.6 is 22.6 Å². The lowest BCUT2D eigenvalue weighted by atomic mass is 10.3. The minimum absolute atomic E-state index is 0.00671. The highest BCUT2D eigenvalue weighted by Crippen LogP contribution is 2.33. The number of alkyl halides is 3. The van der Waals surface area contributed by atoms with Crippen molar-refractivity contribution in [1.29, 1.82) is 0 Å². The number of halogens is 4. The van der Waals surface area contributed by atoms with Gasteiger partial charge in [-0.15, -0.1) is 0 Å². The number of carbonyl (C=O) groups excluding carboxylic acids is 1. The molecule has 0 atom stereocenters. The van der Waals surface area contributed by atoms with Gasteiger partial charge in [0.2, 0.25) is 0 Å². The molecule has 5 nitrogen and oxygen atoms in total. The van der Waals surface area contributed by atoms with Crippen LogP contribution in [0.3, 0.4) is 0 Å². The van der Waals surface area contributed by atoms with Crippen molar-refractivity contribution in [3.05, 3.63) is 27.8 Å². The smallest absolute Gasteiger partial charge is 0.465 e. The first-order chi connectivity index (χ1) is 9.61. The molecule has 0 aliphatic carbocycles. The number of carbonyl (C=O) groups is 1. The number of benzene rings is 1. The Morgan fingerprint density at radius 1 is 1.33 bits per heavy atom. The van der Waals surface area contributed by atoms with Gasteiger partial charge in [0.15, 0.2) is 0 Å². The molecule has 0 unspecified atom stereocenters. The van der Waals surface area contributed by atoms with Gasteiger partial charge in [0, 0.05) is 3.57 Å². The average molecular weight is 437 g/mol. The van der Waals surface area contributed by atoms with E-state index in [9.17, 15) is 26.4 Å². The number of esters is 1. The van der Waals surface area contributed by atoms with E-state index in [1.165, 1.54) is 31.2 Å². The molecule has 0 aromatic heterocycles. The van der Waals surface area contributed by atoms with E-state index < -0.39 is 28.0 Å². The Labute approximate surface area is 133 Å². The van der Waals surface area contributed by atoms with Crippen LogP contribution in [-0.2, 0) is 19.6 Å². The molecule has 0 saturated carbocycles. The molecule has 1 rings (SSSR count). The number of nitrogens with zero attached hydrogens (tertiary/aromatic N) is 1. The molecule has 10 heteroatoms. The van der Waals surface area contributed by atoms with Crippen molar-refractivity contribution < 1.29 is 31.1 Å². The quantitative estimate of drug-likeness (QED) is 0.525. The third-order valence-corrected chi connectivity index (χ3v) is 4.69. The number of hydrogen-bond donors (Lipinski definition) is 0. The van der Waals surface area contributed by atoms with E-state index in [0.29, 0.717) is 0 Å². The van der Waals surface area contributed by atoms with Crippen LogP contribution in [0.15, 0.2) is 24.3 Å². The molecule has 0 fully saturated rings. The molecule has 1 aromatic rings. The SMILES string of the molecule is CCOC(=O)CN(c1ccccc1I)S(=O)(=O)C(F)(F)F. The van der Waals surface area contributed by atoms with E-state index in [1.54, 1.807) is 22.6 Å². The molecular weight excluding hydrogens is 426 g/mol. The third kappa shape index (κ3) is 4.22. The monoisotopic (exact) mass is 437 g/mol. The van der Waals surface area contributed by atoms with Crippen molar-refractivity contribution in [3.8, 4) is 0 Å². The van der Waals surface area contributed by atoms with E-state index in [-0.39, 0.29) is 20.2 Å². The van der Waals surface area contributed by atoms with Crippen molar-refractivity contribution >= 4 is 44.3 Å². The third-order valence-electron chi connectivity index (χ3n) is 2.28. The van der Waals surface area contributed by atoms with Gasteiger partial charge in [-0.2, -0.15) is 21.6 Å². The van der Waals surface area contributed by atoms with Gasteiger partial charge in [0.05, 0.1) is 12.3 Å². The fourth-order valence-corrected chi connectivity index (χ4v) is 3.19. The number of rotatable bonds is 5. The van der Waals surface area contributed by atoms with E-state index in [2.05, 4.69) is 4.74 Å². The zero-order valence-electron chi connectivity index (χ0n) is 10.7. The predicted molar refractivity (Wildman–Crippen MR) is 78.1 cm³/mol. The summed E-state index contributed by atoms with van der Waals surface area (Å²) in [7, 11) is -5.70. The van der Waals surface area contributed by atoms with Crippen molar-refractivity contribution in [1.82, 2.24) is 0 Å². The highest BCUT2D eigenvalue weighted by molar-refractivity contribution is 14.1. The molecule has 21 heavy (non-hydrogen) atoms. The summed E-state index contributed by atoms with van der Waals surface area (Å²) in [6.45, 7) is 0.354. The summed E-state index contributed by atoms with van der Waals surface area (Å²) in [6, 6.07) is 5.53. The molecule has 0 aliphatic rings. The fraction of sp³-hybridized carbons (Fsp3) is 0.364. The van der Waals surface area contributed by atoms with Gasteiger partial charge in [0.25, 0.3) is 0 Å². The second-order valence-electron chi connectivity index (χ2n) is 3.71. The molecule has 1 aromatic carbocycles. The van der Waals surface area contributed by atoms with Crippen LogP contribution in [0.25, 0.3) is 0 Å². The minimum atomic E-state index is -5.70. The first kappa shape index (κ1) is 18.0. The Bertz CT molecular complexity index is 618. The lowest BCUT2D eigenvalue weighted by Crippen LogP contribution is -2.44. The lowest BCUT2D eigenvalue weighted by molar-refractivity contribution is -0.141. The van der Waals surface area contributed by atoms with Gasteiger partial charge in [-0.25, -0.2) is 0 Å². The summed E-state index contributed by atoms with van der Waals surface area (Å²) in [5.74, 6) is -1.06. The van der Waals surface area contributed by atoms with E-state index in [0.717, 1.165) is 0 Å². The minimum Gasteiger partial charge on any atom is -0.465 e. The van der Waals surface area contributed by atoms with Crippen molar-refractivity contribution in [2.75, 3.05) is 17.5 Å². The standard InChI is InChI=1S/C11H11F3INO4S/c1-2-20-10(17)7-16(21(18,19)11(12,13)14)9-6-4-3-5-8(9)15/h3-6H,2,7H2,1H3. The summed E-state index contributed by atoms with van der Waals surface area (Å²) in [5, 5.41) is 0. The molecule has 0 bridgehead atoms. The molecule has 0 heterocycles. The zero-order valence-corrected chi connectivity index (χ0v) is 13.7. The maximum atomic E-state index is 12.8. The number of hydrogen-bond acceptors (Lipinski definition) is 4. The van der Waals surface area contributed by atoms with Crippen molar-refractivity contribution in [3.63, 3.8) is 0 Å². The molecule has 0 N–H and O–H groups in total. The Hall–Kier alpha value is -1.04. The predicted octanol–water partition coefficient (Wildman–Crippen LogP) is 2.51. The molecule has 0 amide bonds. The summed E-state index contributed by atoms with van der Waals surface area (Å²) < 4.78 is 66.3. The van der Waals surface area contributed by atoms with Crippen LogP contribution in [0.4, 0.5) is 18.9 Å².